The highest BCUT2D eigenvalue weighted by Gasteiger charge is 2.19. The summed E-state index contributed by atoms with van der Waals surface area (Å²) in [6.45, 7) is 4.62. The van der Waals surface area contributed by atoms with E-state index in [-0.39, 0.29) is 30.7 Å². The molecule has 0 saturated carbocycles. The maximum atomic E-state index is 12.6. The van der Waals surface area contributed by atoms with Crippen molar-refractivity contribution in [2.45, 2.75) is 26.8 Å². The first-order valence-electron chi connectivity index (χ1n) is 7.95. The van der Waals surface area contributed by atoms with Gasteiger partial charge in [-0.2, -0.15) is 0 Å². The second-order valence-corrected chi connectivity index (χ2v) is 5.92. The van der Waals surface area contributed by atoms with E-state index in [0.29, 0.717) is 18.0 Å². The predicted molar refractivity (Wildman–Crippen MR) is 91.9 cm³/mol. The molecule has 0 saturated heterocycles. The van der Waals surface area contributed by atoms with E-state index >= 15 is 0 Å². The fourth-order valence-electron chi connectivity index (χ4n) is 2.08. The molecule has 0 radical (unpaired) electrons. The monoisotopic (exact) mass is 368 g/mol. The van der Waals surface area contributed by atoms with Crippen LogP contribution in [0.4, 0.5) is 0 Å². The summed E-state index contributed by atoms with van der Waals surface area (Å²) in [7, 11) is 0. The normalized spacial score (nSPS) is 10.8. The molecule has 0 aliphatic carbocycles. The molecule has 0 unspecified atom stereocenters. The van der Waals surface area contributed by atoms with E-state index in [4.69, 9.17) is 14.2 Å². The van der Waals surface area contributed by atoms with E-state index in [1.54, 1.807) is 6.92 Å². The molecule has 2 aromatic rings. The van der Waals surface area contributed by atoms with Gasteiger partial charge in [0.25, 0.3) is 5.56 Å². The van der Waals surface area contributed by atoms with Crippen LogP contribution in [0, 0.1) is 0 Å². The molecule has 0 aliphatic heterocycles. The number of hydrogen-bond donors (Lipinski definition) is 0. The van der Waals surface area contributed by atoms with Crippen molar-refractivity contribution in [3.8, 4) is 0 Å². The lowest BCUT2D eigenvalue weighted by atomic mass is 10.2. The Bertz CT molecular complexity index is 798. The number of fused-ring (bicyclic) bond motifs is 1. The van der Waals surface area contributed by atoms with Gasteiger partial charge in [0.1, 0.15) is 18.0 Å². The number of hydrogen-bond acceptors (Lipinski definition) is 8. The summed E-state index contributed by atoms with van der Waals surface area (Å²) in [4.78, 5) is 40.9. The van der Waals surface area contributed by atoms with Crippen molar-refractivity contribution in [1.82, 2.24) is 9.55 Å². The first kappa shape index (κ1) is 19.1. The van der Waals surface area contributed by atoms with Gasteiger partial charge in [-0.25, -0.2) is 9.78 Å². The third kappa shape index (κ3) is 4.86. The van der Waals surface area contributed by atoms with Crippen molar-refractivity contribution < 1.29 is 23.8 Å². The number of aromatic nitrogens is 2. The van der Waals surface area contributed by atoms with Gasteiger partial charge in [0.05, 0.1) is 30.5 Å². The topological polar surface area (TPSA) is 96.7 Å². The fourth-order valence-corrected chi connectivity index (χ4v) is 2.95. The largest absolute Gasteiger partial charge is 0.462 e. The van der Waals surface area contributed by atoms with Crippen LogP contribution in [0.1, 0.15) is 30.6 Å². The lowest BCUT2D eigenvalue weighted by molar-refractivity contribution is -0.146. The Morgan fingerprint density at radius 1 is 1.20 bits per heavy atom. The van der Waals surface area contributed by atoms with Crippen LogP contribution in [0.2, 0.25) is 0 Å². The van der Waals surface area contributed by atoms with Crippen molar-refractivity contribution in [1.29, 1.82) is 0 Å². The molecule has 2 rings (SSSR count). The average molecular weight is 368 g/mol. The van der Waals surface area contributed by atoms with E-state index in [1.165, 1.54) is 23.0 Å². The van der Waals surface area contributed by atoms with Gasteiger partial charge >= 0.3 is 11.9 Å². The molecular weight excluding hydrogens is 348 g/mol. The van der Waals surface area contributed by atoms with E-state index in [0.717, 1.165) is 11.0 Å². The van der Waals surface area contributed by atoms with Gasteiger partial charge in [0, 0.05) is 12.0 Å². The molecular formula is C16H20N2O6S. The number of carbonyl (C=O) groups is 2. The third-order valence-electron chi connectivity index (χ3n) is 3.19. The van der Waals surface area contributed by atoms with Crippen LogP contribution >= 0.6 is 11.3 Å². The van der Waals surface area contributed by atoms with Gasteiger partial charge < -0.3 is 14.2 Å². The molecule has 0 amide bonds. The molecule has 2 heterocycles. The zero-order chi connectivity index (χ0) is 18.2. The summed E-state index contributed by atoms with van der Waals surface area (Å²) >= 11 is 1.17. The number of carbonyl (C=O) groups excluding carboxylic acids is 2. The highest BCUT2D eigenvalue weighted by molar-refractivity contribution is 7.17. The van der Waals surface area contributed by atoms with Crippen LogP contribution in [0.3, 0.4) is 0 Å². The number of esters is 2. The number of rotatable bonds is 9. The SMILES string of the molecule is CCCOCCOC(=O)Cn1cnc2scc(C(=O)OCC)c2c1=O. The zero-order valence-corrected chi connectivity index (χ0v) is 15.0. The first-order chi connectivity index (χ1) is 12.1. The van der Waals surface area contributed by atoms with Crippen LogP contribution in [-0.2, 0) is 25.5 Å². The molecule has 2 aromatic heterocycles. The molecule has 0 aliphatic rings. The summed E-state index contributed by atoms with van der Waals surface area (Å²) < 4.78 is 16.3. The first-order valence-corrected chi connectivity index (χ1v) is 8.83. The second kappa shape index (κ2) is 9.28. The maximum absolute atomic E-state index is 12.6. The standard InChI is InChI=1S/C16H20N2O6S/c1-3-5-22-6-7-24-12(19)8-18-10-17-14-13(15(18)20)11(9-25-14)16(21)23-4-2/h9-10H,3-8H2,1-2H3. The van der Waals surface area contributed by atoms with E-state index in [2.05, 4.69) is 4.98 Å². The number of ether oxygens (including phenoxy) is 3. The predicted octanol–water partition coefficient (Wildman–Crippen LogP) is 1.60. The Morgan fingerprint density at radius 2 is 2.00 bits per heavy atom. The Labute approximate surface area is 148 Å². The smallest absolute Gasteiger partial charge is 0.339 e. The van der Waals surface area contributed by atoms with Gasteiger partial charge in [-0.3, -0.25) is 14.2 Å². The Balaban J connectivity index is 2.10. The zero-order valence-electron chi connectivity index (χ0n) is 14.1. The lowest BCUT2D eigenvalue weighted by Crippen LogP contribution is -2.27. The van der Waals surface area contributed by atoms with Gasteiger partial charge in [0.15, 0.2) is 0 Å². The van der Waals surface area contributed by atoms with Gasteiger partial charge in [-0.15, -0.1) is 11.3 Å². The molecule has 8 nitrogen and oxygen atoms in total. The fraction of sp³-hybridized carbons (Fsp3) is 0.500. The van der Waals surface area contributed by atoms with E-state index in [9.17, 15) is 14.4 Å². The van der Waals surface area contributed by atoms with E-state index < -0.39 is 17.5 Å². The Kier molecular flexibility index (Phi) is 7.08. The number of thiophene rings is 1. The van der Waals surface area contributed by atoms with Crippen LogP contribution in [0.15, 0.2) is 16.5 Å². The van der Waals surface area contributed by atoms with Gasteiger partial charge in [-0.05, 0) is 13.3 Å². The van der Waals surface area contributed by atoms with Crippen LogP contribution < -0.4 is 5.56 Å². The third-order valence-corrected chi connectivity index (χ3v) is 4.08. The Hall–Kier alpha value is -2.26. The summed E-state index contributed by atoms with van der Waals surface area (Å²) in [6, 6.07) is 0. The van der Waals surface area contributed by atoms with Crippen molar-refractivity contribution in [2.24, 2.45) is 0 Å². The van der Waals surface area contributed by atoms with Gasteiger partial charge in [-0.1, -0.05) is 6.92 Å². The highest BCUT2D eigenvalue weighted by atomic mass is 32.1. The highest BCUT2D eigenvalue weighted by Crippen LogP contribution is 2.21. The molecule has 0 spiro atoms. The van der Waals surface area contributed by atoms with Crippen molar-refractivity contribution >= 4 is 33.5 Å². The van der Waals surface area contributed by atoms with Crippen LogP contribution in [-0.4, -0.2) is 47.9 Å². The summed E-state index contributed by atoms with van der Waals surface area (Å²) in [5, 5.41) is 1.69. The molecule has 0 bridgehead atoms. The molecule has 136 valence electrons. The number of nitrogens with zero attached hydrogens (tertiary/aromatic N) is 2. The Morgan fingerprint density at radius 3 is 2.72 bits per heavy atom. The minimum absolute atomic E-state index is 0.121. The maximum Gasteiger partial charge on any atom is 0.339 e. The molecule has 9 heteroatoms. The second-order valence-electron chi connectivity index (χ2n) is 5.06. The minimum Gasteiger partial charge on any atom is -0.462 e. The van der Waals surface area contributed by atoms with E-state index in [1.807, 2.05) is 6.92 Å². The molecule has 0 fully saturated rings. The van der Waals surface area contributed by atoms with Crippen molar-refractivity contribution in [3.63, 3.8) is 0 Å². The lowest BCUT2D eigenvalue weighted by Gasteiger charge is -2.07. The van der Waals surface area contributed by atoms with Crippen molar-refractivity contribution in [3.05, 3.63) is 27.6 Å². The summed E-state index contributed by atoms with van der Waals surface area (Å²) in [5.74, 6) is -1.16. The molecule has 0 N–H and O–H groups in total. The summed E-state index contributed by atoms with van der Waals surface area (Å²) in [5.41, 5.74) is -0.316. The van der Waals surface area contributed by atoms with Crippen LogP contribution in [0.25, 0.3) is 10.2 Å². The average Bonchev–Trinajstić information content (AvgIpc) is 3.02. The summed E-state index contributed by atoms with van der Waals surface area (Å²) in [6.07, 6.45) is 2.16. The molecule has 25 heavy (non-hydrogen) atoms. The molecule has 0 aromatic carbocycles. The molecule has 0 atom stereocenters. The quantitative estimate of drug-likeness (QED) is 0.490. The van der Waals surface area contributed by atoms with Gasteiger partial charge in [0.2, 0.25) is 0 Å². The van der Waals surface area contributed by atoms with Crippen LogP contribution in [0.5, 0.6) is 0 Å². The minimum atomic E-state index is -0.582. The van der Waals surface area contributed by atoms with Crippen molar-refractivity contribution in [2.75, 3.05) is 26.4 Å².